The van der Waals surface area contributed by atoms with Crippen molar-refractivity contribution >= 4 is 29.5 Å². The number of amides is 3. The molecule has 3 amide bonds. The summed E-state index contributed by atoms with van der Waals surface area (Å²) in [5.74, 6) is -0.578. The highest BCUT2D eigenvalue weighted by atomic mass is 35.5. The molecule has 0 aromatic heterocycles. The molecule has 0 aliphatic carbocycles. The van der Waals surface area contributed by atoms with Crippen LogP contribution in [0, 0.1) is 0 Å². The number of hydrogen-bond acceptors (Lipinski definition) is 5. The predicted octanol–water partition coefficient (Wildman–Crippen LogP) is 2.37. The van der Waals surface area contributed by atoms with Crippen molar-refractivity contribution in [2.24, 2.45) is 0 Å². The Balaban J connectivity index is 1.80. The summed E-state index contributed by atoms with van der Waals surface area (Å²) >= 11 is 5.94. The van der Waals surface area contributed by atoms with Gasteiger partial charge in [-0.05, 0) is 25.0 Å². The molecule has 1 heterocycles. The quantitative estimate of drug-likeness (QED) is 0.432. The molecule has 1 aliphatic heterocycles. The average molecular weight is 369 g/mol. The van der Waals surface area contributed by atoms with Crippen molar-refractivity contribution in [2.75, 3.05) is 19.8 Å². The van der Waals surface area contributed by atoms with E-state index in [1.54, 1.807) is 24.3 Å². The fourth-order valence-corrected chi connectivity index (χ4v) is 2.78. The maximum absolute atomic E-state index is 12.4. The first-order chi connectivity index (χ1) is 11.9. The third kappa shape index (κ3) is 4.22. The van der Waals surface area contributed by atoms with Gasteiger partial charge in [0.05, 0.1) is 5.02 Å². The number of halogens is 1. The zero-order chi connectivity index (χ0) is 18.4. The second-order valence-electron chi connectivity index (χ2n) is 5.61. The average Bonchev–Trinajstić information content (AvgIpc) is 2.85. The lowest BCUT2D eigenvalue weighted by atomic mass is 9.93. The molecule has 8 heteroatoms. The third-order valence-corrected chi connectivity index (χ3v) is 4.49. The third-order valence-electron chi connectivity index (χ3n) is 4.18. The number of rotatable bonds is 8. The Morgan fingerprint density at radius 3 is 2.48 bits per heavy atom. The number of nitrogens with one attached hydrogen (secondary N) is 1. The maximum Gasteiger partial charge on any atom is 0.326 e. The van der Waals surface area contributed by atoms with Crippen LogP contribution in [-0.2, 0) is 14.3 Å². The molecule has 1 aromatic rings. The number of hydrogen-bond donors (Lipinski definition) is 1. The van der Waals surface area contributed by atoms with Gasteiger partial charge in [0.25, 0.3) is 5.91 Å². The molecule has 1 aromatic carbocycles. The molecule has 0 unspecified atom stereocenters. The number of carbonyl (C=O) groups is 3. The summed E-state index contributed by atoms with van der Waals surface area (Å²) in [6.07, 6.45) is 0.927. The SMILES string of the molecule is CCC1(CC)NC(=O)N(CC(=O)OCCOc2ccccc2Cl)C1=O. The van der Waals surface area contributed by atoms with E-state index in [9.17, 15) is 14.4 Å². The maximum atomic E-state index is 12.4. The van der Waals surface area contributed by atoms with Gasteiger partial charge in [-0.1, -0.05) is 37.6 Å². The molecule has 0 radical (unpaired) electrons. The number of nitrogens with zero attached hydrogens (tertiary/aromatic N) is 1. The van der Waals surface area contributed by atoms with Gasteiger partial charge in [-0.3, -0.25) is 14.5 Å². The van der Waals surface area contributed by atoms with Crippen molar-refractivity contribution in [1.82, 2.24) is 10.2 Å². The van der Waals surface area contributed by atoms with Gasteiger partial charge in [-0.25, -0.2) is 4.79 Å². The minimum atomic E-state index is -0.926. The molecule has 25 heavy (non-hydrogen) atoms. The number of ether oxygens (including phenoxy) is 2. The van der Waals surface area contributed by atoms with Crippen LogP contribution in [0.3, 0.4) is 0 Å². The molecule has 1 aliphatic rings. The van der Waals surface area contributed by atoms with Crippen LogP contribution in [0.1, 0.15) is 26.7 Å². The molecule has 0 spiro atoms. The normalized spacial score (nSPS) is 15.9. The van der Waals surface area contributed by atoms with Crippen LogP contribution in [0.25, 0.3) is 0 Å². The number of carbonyl (C=O) groups excluding carboxylic acids is 3. The zero-order valence-corrected chi connectivity index (χ0v) is 15.0. The number of para-hydroxylation sites is 1. The van der Waals surface area contributed by atoms with Crippen molar-refractivity contribution in [3.63, 3.8) is 0 Å². The second kappa shape index (κ2) is 8.20. The summed E-state index contributed by atoms with van der Waals surface area (Å²) in [5, 5.41) is 3.12. The number of esters is 1. The Morgan fingerprint density at radius 2 is 1.88 bits per heavy atom. The lowest BCUT2D eigenvalue weighted by Crippen LogP contribution is -2.46. The molecule has 1 saturated heterocycles. The Labute approximate surface area is 151 Å². The van der Waals surface area contributed by atoms with Crippen molar-refractivity contribution < 1.29 is 23.9 Å². The van der Waals surface area contributed by atoms with Crippen LogP contribution in [0.5, 0.6) is 5.75 Å². The summed E-state index contributed by atoms with van der Waals surface area (Å²) in [7, 11) is 0. The Morgan fingerprint density at radius 1 is 1.20 bits per heavy atom. The lowest BCUT2D eigenvalue weighted by Gasteiger charge is -2.22. The van der Waals surface area contributed by atoms with Crippen LogP contribution in [0.2, 0.25) is 5.02 Å². The molecular formula is C17H21ClN2O5. The molecule has 136 valence electrons. The Hall–Kier alpha value is -2.28. The molecule has 0 bridgehead atoms. The predicted molar refractivity (Wildman–Crippen MR) is 91.5 cm³/mol. The van der Waals surface area contributed by atoms with Gasteiger partial charge in [-0.15, -0.1) is 0 Å². The van der Waals surface area contributed by atoms with E-state index in [0.29, 0.717) is 23.6 Å². The van der Waals surface area contributed by atoms with E-state index in [2.05, 4.69) is 5.32 Å². The molecule has 2 rings (SSSR count). The van der Waals surface area contributed by atoms with E-state index in [-0.39, 0.29) is 13.2 Å². The molecule has 1 N–H and O–H groups in total. The van der Waals surface area contributed by atoms with Gasteiger partial charge in [0.15, 0.2) is 0 Å². The summed E-state index contributed by atoms with van der Waals surface area (Å²) in [6.45, 7) is 3.31. The van der Waals surface area contributed by atoms with Crippen molar-refractivity contribution in [2.45, 2.75) is 32.2 Å². The van der Waals surface area contributed by atoms with Crippen molar-refractivity contribution in [1.29, 1.82) is 0 Å². The van der Waals surface area contributed by atoms with Crippen LogP contribution in [0.4, 0.5) is 4.79 Å². The van der Waals surface area contributed by atoms with E-state index in [0.717, 1.165) is 4.90 Å². The van der Waals surface area contributed by atoms with Gasteiger partial charge in [-0.2, -0.15) is 0 Å². The fraction of sp³-hybridized carbons (Fsp3) is 0.471. The van der Waals surface area contributed by atoms with Crippen LogP contribution >= 0.6 is 11.6 Å². The Kier molecular flexibility index (Phi) is 6.25. The van der Waals surface area contributed by atoms with Gasteiger partial charge in [0.2, 0.25) is 0 Å². The fourth-order valence-electron chi connectivity index (χ4n) is 2.59. The topological polar surface area (TPSA) is 84.9 Å². The minimum absolute atomic E-state index is 0.0135. The minimum Gasteiger partial charge on any atom is -0.488 e. The first kappa shape index (κ1) is 19.1. The molecule has 0 saturated carbocycles. The van der Waals surface area contributed by atoms with Crippen LogP contribution in [-0.4, -0.2) is 48.1 Å². The van der Waals surface area contributed by atoms with E-state index >= 15 is 0 Å². The monoisotopic (exact) mass is 368 g/mol. The first-order valence-electron chi connectivity index (χ1n) is 8.10. The molecule has 7 nitrogen and oxygen atoms in total. The van der Waals surface area contributed by atoms with Gasteiger partial charge < -0.3 is 14.8 Å². The number of benzene rings is 1. The van der Waals surface area contributed by atoms with Crippen molar-refractivity contribution in [3.8, 4) is 5.75 Å². The Bertz CT molecular complexity index is 660. The smallest absolute Gasteiger partial charge is 0.326 e. The van der Waals surface area contributed by atoms with E-state index in [1.807, 2.05) is 13.8 Å². The summed E-state index contributed by atoms with van der Waals surface area (Å²) in [5.41, 5.74) is -0.926. The molecule has 1 fully saturated rings. The number of urea groups is 1. The standard InChI is InChI=1S/C17H21ClN2O5/c1-3-17(4-2)15(22)20(16(23)19-17)11-14(21)25-10-9-24-13-8-6-5-7-12(13)18/h5-8H,3-4,9-11H2,1-2H3,(H,19,23). The largest absolute Gasteiger partial charge is 0.488 e. The highest BCUT2D eigenvalue weighted by molar-refractivity contribution is 6.32. The van der Waals surface area contributed by atoms with E-state index in [4.69, 9.17) is 21.1 Å². The van der Waals surface area contributed by atoms with Crippen molar-refractivity contribution in [3.05, 3.63) is 29.3 Å². The summed E-state index contributed by atoms with van der Waals surface area (Å²) < 4.78 is 10.4. The van der Waals surface area contributed by atoms with Crippen LogP contribution in [0.15, 0.2) is 24.3 Å². The van der Waals surface area contributed by atoms with Gasteiger partial charge >= 0.3 is 12.0 Å². The summed E-state index contributed by atoms with van der Waals surface area (Å²) in [4.78, 5) is 37.1. The number of imide groups is 1. The van der Waals surface area contributed by atoms with E-state index < -0.39 is 30.0 Å². The van der Waals surface area contributed by atoms with Gasteiger partial charge in [0, 0.05) is 0 Å². The second-order valence-corrected chi connectivity index (χ2v) is 6.02. The summed E-state index contributed by atoms with van der Waals surface area (Å²) in [6, 6.07) is 6.37. The lowest BCUT2D eigenvalue weighted by molar-refractivity contribution is -0.148. The zero-order valence-electron chi connectivity index (χ0n) is 14.2. The van der Waals surface area contributed by atoms with Crippen LogP contribution < -0.4 is 10.1 Å². The van der Waals surface area contributed by atoms with E-state index in [1.165, 1.54) is 0 Å². The first-order valence-corrected chi connectivity index (χ1v) is 8.48. The highest BCUT2D eigenvalue weighted by Gasteiger charge is 2.49. The molecule has 0 atom stereocenters. The highest BCUT2D eigenvalue weighted by Crippen LogP contribution is 2.25. The van der Waals surface area contributed by atoms with Gasteiger partial charge in [0.1, 0.15) is 31.0 Å². The molecular weight excluding hydrogens is 348 g/mol.